The summed E-state index contributed by atoms with van der Waals surface area (Å²) in [5.74, 6) is 0.452. The second-order valence-corrected chi connectivity index (χ2v) is 5.51. The van der Waals surface area contributed by atoms with Gasteiger partial charge < -0.3 is 10.5 Å². The normalized spacial score (nSPS) is 21.7. The van der Waals surface area contributed by atoms with E-state index in [1.807, 2.05) is 24.3 Å². The van der Waals surface area contributed by atoms with Gasteiger partial charge in [0, 0.05) is 24.6 Å². The zero-order chi connectivity index (χ0) is 14.4. The summed E-state index contributed by atoms with van der Waals surface area (Å²) >= 11 is 0. The minimum atomic E-state index is -0.464. The van der Waals surface area contributed by atoms with Crippen LogP contribution < -0.4 is 10.5 Å². The van der Waals surface area contributed by atoms with Gasteiger partial charge in [-0.1, -0.05) is 30.4 Å². The van der Waals surface area contributed by atoms with Crippen molar-refractivity contribution in [2.24, 2.45) is 5.73 Å². The van der Waals surface area contributed by atoms with E-state index in [1.54, 1.807) is 6.07 Å². The molecular weight excluding hydrogens is 264 g/mol. The van der Waals surface area contributed by atoms with Crippen LogP contribution in [0.25, 0.3) is 6.08 Å². The maximum Gasteiger partial charge on any atom is 0.250 e. The standard InChI is InChI=1S/C17H14N2O2/c18-16(20)13-8-11-5-3-7-17(15(11)19-10-13)9-12-4-1-2-6-14(12)21-17/h1-6,8,10H,7,9H2,(H2,18,20). The van der Waals surface area contributed by atoms with Crippen molar-refractivity contribution in [1.82, 2.24) is 4.98 Å². The molecule has 1 unspecified atom stereocenters. The van der Waals surface area contributed by atoms with Gasteiger partial charge in [-0.2, -0.15) is 0 Å². The highest BCUT2D eigenvalue weighted by Gasteiger charge is 2.43. The number of pyridine rings is 1. The Morgan fingerprint density at radius 2 is 2.19 bits per heavy atom. The van der Waals surface area contributed by atoms with Crippen LogP contribution in [0, 0.1) is 0 Å². The number of amides is 1. The van der Waals surface area contributed by atoms with E-state index in [4.69, 9.17) is 10.5 Å². The van der Waals surface area contributed by atoms with Crippen LogP contribution in [0.4, 0.5) is 0 Å². The number of nitrogens with zero attached hydrogens (tertiary/aromatic N) is 1. The lowest BCUT2D eigenvalue weighted by Crippen LogP contribution is -2.34. The van der Waals surface area contributed by atoms with Crippen molar-refractivity contribution in [3.8, 4) is 5.75 Å². The van der Waals surface area contributed by atoms with E-state index in [1.165, 1.54) is 11.8 Å². The molecule has 1 spiro atoms. The van der Waals surface area contributed by atoms with Crippen LogP contribution in [0.15, 0.2) is 42.6 Å². The molecule has 1 amide bonds. The number of rotatable bonds is 1. The summed E-state index contributed by atoms with van der Waals surface area (Å²) < 4.78 is 6.23. The highest BCUT2D eigenvalue weighted by atomic mass is 16.5. The first kappa shape index (κ1) is 12.1. The molecule has 2 N–H and O–H groups in total. The zero-order valence-corrected chi connectivity index (χ0v) is 11.4. The fourth-order valence-corrected chi connectivity index (χ4v) is 3.15. The van der Waals surface area contributed by atoms with Crippen LogP contribution in [-0.4, -0.2) is 10.9 Å². The number of benzene rings is 1. The van der Waals surface area contributed by atoms with Gasteiger partial charge in [0.2, 0.25) is 5.91 Å². The summed E-state index contributed by atoms with van der Waals surface area (Å²) in [4.78, 5) is 15.8. The lowest BCUT2D eigenvalue weighted by molar-refractivity contribution is 0.0895. The average Bonchev–Trinajstić information content (AvgIpc) is 2.85. The van der Waals surface area contributed by atoms with Crippen molar-refractivity contribution in [3.05, 3.63) is 65.0 Å². The molecule has 0 radical (unpaired) electrons. The maximum absolute atomic E-state index is 11.3. The van der Waals surface area contributed by atoms with Gasteiger partial charge in [-0.25, -0.2) is 0 Å². The number of aromatic nitrogens is 1. The van der Waals surface area contributed by atoms with Crippen molar-refractivity contribution in [1.29, 1.82) is 0 Å². The van der Waals surface area contributed by atoms with Crippen LogP contribution in [-0.2, 0) is 12.0 Å². The minimum absolute atomic E-state index is 0.422. The van der Waals surface area contributed by atoms with E-state index in [-0.39, 0.29) is 0 Å². The number of carbonyl (C=O) groups excluding carboxylic acids is 1. The Hall–Kier alpha value is -2.62. The first-order chi connectivity index (χ1) is 10.2. The summed E-state index contributed by atoms with van der Waals surface area (Å²) in [6.07, 6.45) is 7.16. The molecule has 21 heavy (non-hydrogen) atoms. The number of carbonyl (C=O) groups is 1. The van der Waals surface area contributed by atoms with Gasteiger partial charge in [-0.15, -0.1) is 0 Å². The van der Waals surface area contributed by atoms with Gasteiger partial charge in [-0.3, -0.25) is 9.78 Å². The Labute approximate surface area is 122 Å². The number of hydrogen-bond acceptors (Lipinski definition) is 3. The van der Waals surface area contributed by atoms with E-state index in [0.29, 0.717) is 5.56 Å². The third-order valence-electron chi connectivity index (χ3n) is 4.13. The molecule has 4 nitrogen and oxygen atoms in total. The molecule has 1 aromatic carbocycles. The van der Waals surface area contributed by atoms with Gasteiger partial charge in [0.15, 0.2) is 5.60 Å². The molecule has 4 rings (SSSR count). The van der Waals surface area contributed by atoms with Crippen LogP contribution in [0.1, 0.15) is 33.6 Å². The molecule has 1 atom stereocenters. The Morgan fingerprint density at radius 3 is 3.00 bits per heavy atom. The fourth-order valence-electron chi connectivity index (χ4n) is 3.15. The quantitative estimate of drug-likeness (QED) is 0.871. The summed E-state index contributed by atoms with van der Waals surface area (Å²) in [5.41, 5.74) is 8.28. The monoisotopic (exact) mass is 278 g/mol. The van der Waals surface area contributed by atoms with Gasteiger partial charge >= 0.3 is 0 Å². The minimum Gasteiger partial charge on any atom is -0.480 e. The highest BCUT2D eigenvalue weighted by molar-refractivity contribution is 5.93. The number of nitrogens with two attached hydrogens (primary N) is 1. The lowest BCUT2D eigenvalue weighted by Gasteiger charge is -2.31. The van der Waals surface area contributed by atoms with Crippen molar-refractivity contribution in [2.75, 3.05) is 0 Å². The molecule has 4 heteroatoms. The van der Waals surface area contributed by atoms with Crippen LogP contribution in [0.5, 0.6) is 5.75 Å². The van der Waals surface area contributed by atoms with Gasteiger partial charge in [-0.05, 0) is 17.7 Å². The second-order valence-electron chi connectivity index (χ2n) is 5.51. The van der Waals surface area contributed by atoms with Gasteiger partial charge in [0.05, 0.1) is 11.3 Å². The number of fused-ring (bicyclic) bond motifs is 3. The van der Waals surface area contributed by atoms with E-state index in [2.05, 4.69) is 17.1 Å². The van der Waals surface area contributed by atoms with E-state index < -0.39 is 11.5 Å². The second kappa shape index (κ2) is 4.19. The summed E-state index contributed by atoms with van der Waals surface area (Å²) in [6.45, 7) is 0. The summed E-state index contributed by atoms with van der Waals surface area (Å²) in [5, 5.41) is 0. The third-order valence-corrected chi connectivity index (χ3v) is 4.13. The molecule has 0 saturated carbocycles. The topological polar surface area (TPSA) is 65.2 Å². The lowest BCUT2D eigenvalue weighted by atomic mass is 9.83. The molecule has 1 aliphatic carbocycles. The number of ether oxygens (including phenoxy) is 1. The molecule has 0 fully saturated rings. The third kappa shape index (κ3) is 1.76. The molecule has 1 aliphatic heterocycles. The largest absolute Gasteiger partial charge is 0.480 e. The SMILES string of the molecule is NC(=O)c1cnc2c(c1)C=CCC21Cc2ccccc2O1. The van der Waals surface area contributed by atoms with Crippen molar-refractivity contribution >= 4 is 12.0 Å². The molecule has 0 saturated heterocycles. The van der Waals surface area contributed by atoms with Gasteiger partial charge in [0.25, 0.3) is 0 Å². The molecule has 104 valence electrons. The van der Waals surface area contributed by atoms with E-state index in [9.17, 15) is 4.79 Å². The summed E-state index contributed by atoms with van der Waals surface area (Å²) in [7, 11) is 0. The predicted octanol–water partition coefficient (Wildman–Crippen LogP) is 2.43. The Kier molecular flexibility index (Phi) is 2.42. The first-order valence-corrected chi connectivity index (χ1v) is 6.92. The van der Waals surface area contributed by atoms with Crippen LogP contribution in [0.2, 0.25) is 0 Å². The molecule has 0 bridgehead atoms. The number of primary amides is 1. The molecule has 1 aromatic heterocycles. The smallest absolute Gasteiger partial charge is 0.250 e. The molecule has 2 heterocycles. The number of para-hydroxylation sites is 1. The first-order valence-electron chi connectivity index (χ1n) is 6.92. The van der Waals surface area contributed by atoms with E-state index >= 15 is 0 Å². The summed E-state index contributed by atoms with van der Waals surface area (Å²) in [6, 6.07) is 9.85. The maximum atomic E-state index is 11.3. The molecular formula is C17H14N2O2. The van der Waals surface area contributed by atoms with Crippen molar-refractivity contribution in [2.45, 2.75) is 18.4 Å². The number of hydrogen-bond donors (Lipinski definition) is 1. The van der Waals surface area contributed by atoms with Crippen molar-refractivity contribution in [3.63, 3.8) is 0 Å². The average molecular weight is 278 g/mol. The Bertz CT molecular complexity index is 755. The van der Waals surface area contributed by atoms with Crippen LogP contribution in [0.3, 0.4) is 0 Å². The fraction of sp³-hybridized carbons (Fsp3) is 0.176. The van der Waals surface area contributed by atoms with Gasteiger partial charge in [0.1, 0.15) is 5.75 Å². The highest BCUT2D eigenvalue weighted by Crippen LogP contribution is 2.46. The predicted molar refractivity (Wildman–Crippen MR) is 78.9 cm³/mol. The van der Waals surface area contributed by atoms with Crippen molar-refractivity contribution < 1.29 is 9.53 Å². The van der Waals surface area contributed by atoms with E-state index in [0.717, 1.165) is 29.8 Å². The molecule has 2 aromatic rings. The Balaban J connectivity index is 1.82. The molecule has 2 aliphatic rings. The zero-order valence-electron chi connectivity index (χ0n) is 11.4. The Morgan fingerprint density at radius 1 is 1.33 bits per heavy atom. The van der Waals surface area contributed by atoms with Crippen LogP contribution >= 0.6 is 0 Å².